The molecular formula is C18H19FN4O2S2. The molecule has 3 heterocycles. The average Bonchev–Trinajstić information content (AvgIpc) is 3.31. The van der Waals surface area contributed by atoms with Gasteiger partial charge in [0.1, 0.15) is 10.0 Å². The van der Waals surface area contributed by atoms with Crippen molar-refractivity contribution in [2.24, 2.45) is 7.05 Å². The van der Waals surface area contributed by atoms with Crippen LogP contribution in [-0.2, 0) is 17.1 Å². The molecule has 1 aliphatic rings. The largest absolute Gasteiger partial charge is 0.367 e. The molecule has 0 aliphatic carbocycles. The summed E-state index contributed by atoms with van der Waals surface area (Å²) in [5.41, 5.74) is 2.23. The van der Waals surface area contributed by atoms with E-state index in [0.717, 1.165) is 11.3 Å². The molecule has 1 saturated heterocycles. The fraction of sp³-hybridized carbons (Fsp3) is 0.278. The van der Waals surface area contributed by atoms with E-state index in [4.69, 9.17) is 0 Å². The van der Waals surface area contributed by atoms with Crippen LogP contribution in [0.1, 0.15) is 0 Å². The summed E-state index contributed by atoms with van der Waals surface area (Å²) in [5, 5.41) is 5.96. The number of sulfonamides is 1. The first-order chi connectivity index (χ1) is 13.0. The Balaban J connectivity index is 1.50. The van der Waals surface area contributed by atoms with Crippen LogP contribution < -0.4 is 4.90 Å². The molecule has 2 aromatic heterocycles. The highest BCUT2D eigenvalue weighted by Gasteiger charge is 2.30. The van der Waals surface area contributed by atoms with Gasteiger partial charge in [-0.25, -0.2) is 12.8 Å². The van der Waals surface area contributed by atoms with Crippen molar-refractivity contribution in [1.82, 2.24) is 14.1 Å². The summed E-state index contributed by atoms with van der Waals surface area (Å²) in [6.45, 7) is 1.57. The summed E-state index contributed by atoms with van der Waals surface area (Å²) in [5.74, 6) is -0.284. The third-order valence-corrected chi connectivity index (χ3v) is 8.03. The van der Waals surface area contributed by atoms with Gasteiger partial charge in [-0.3, -0.25) is 4.68 Å². The number of piperazine rings is 1. The van der Waals surface area contributed by atoms with Crippen LogP contribution in [0.3, 0.4) is 0 Å². The van der Waals surface area contributed by atoms with Crippen LogP contribution in [0, 0.1) is 5.82 Å². The normalized spacial score (nSPS) is 16.0. The third-order valence-electron chi connectivity index (χ3n) is 4.72. The summed E-state index contributed by atoms with van der Waals surface area (Å²) in [6.07, 6.45) is 1.68. The number of anilines is 1. The van der Waals surface area contributed by atoms with Gasteiger partial charge in [0.25, 0.3) is 10.0 Å². The molecule has 1 aliphatic heterocycles. The maximum Gasteiger partial charge on any atom is 0.252 e. The van der Waals surface area contributed by atoms with E-state index in [9.17, 15) is 12.8 Å². The lowest BCUT2D eigenvalue weighted by molar-refractivity contribution is 0.384. The number of thiophene rings is 1. The molecule has 4 rings (SSSR count). The number of nitrogens with zero attached hydrogens (tertiary/aromatic N) is 4. The van der Waals surface area contributed by atoms with Gasteiger partial charge in [-0.2, -0.15) is 9.40 Å². The maximum absolute atomic E-state index is 14.0. The fourth-order valence-corrected chi connectivity index (χ4v) is 6.00. The zero-order chi connectivity index (χ0) is 19.0. The molecule has 0 radical (unpaired) electrons. The number of benzene rings is 1. The quantitative estimate of drug-likeness (QED) is 0.669. The molecule has 0 saturated carbocycles. The molecule has 6 nitrogen and oxygen atoms in total. The number of halogens is 1. The molecule has 0 spiro atoms. The van der Waals surface area contributed by atoms with Gasteiger partial charge in [0.15, 0.2) is 0 Å². The summed E-state index contributed by atoms with van der Waals surface area (Å²) in [4.78, 5) is 1.89. The molecule has 9 heteroatoms. The van der Waals surface area contributed by atoms with Crippen LogP contribution in [0.25, 0.3) is 11.3 Å². The Morgan fingerprint density at radius 3 is 2.52 bits per heavy atom. The first-order valence-electron chi connectivity index (χ1n) is 8.53. The second kappa shape index (κ2) is 7.06. The molecule has 27 heavy (non-hydrogen) atoms. The Bertz CT molecular complexity index is 1050. The molecule has 1 aromatic carbocycles. The zero-order valence-corrected chi connectivity index (χ0v) is 16.4. The molecule has 0 bridgehead atoms. The molecule has 142 valence electrons. The van der Waals surface area contributed by atoms with Crippen LogP contribution in [0.15, 0.2) is 52.2 Å². The number of hydrogen-bond acceptors (Lipinski definition) is 5. The Morgan fingerprint density at radius 2 is 1.85 bits per heavy atom. The number of rotatable bonds is 4. The van der Waals surface area contributed by atoms with E-state index in [1.165, 1.54) is 21.7 Å². The molecule has 0 N–H and O–H groups in total. The predicted molar refractivity (Wildman–Crippen MR) is 104 cm³/mol. The van der Waals surface area contributed by atoms with E-state index < -0.39 is 10.0 Å². The molecule has 1 fully saturated rings. The van der Waals surface area contributed by atoms with Gasteiger partial charge in [-0.15, -0.1) is 11.3 Å². The fourth-order valence-electron chi connectivity index (χ4n) is 3.25. The van der Waals surface area contributed by atoms with Crippen LogP contribution in [0.5, 0.6) is 0 Å². The average molecular weight is 407 g/mol. The van der Waals surface area contributed by atoms with Crippen LogP contribution >= 0.6 is 11.3 Å². The SMILES string of the molecule is Cn1nccc1-c1csc(S(=O)(=O)N2CCN(c3ccccc3F)CC2)c1. The highest BCUT2D eigenvalue weighted by molar-refractivity contribution is 7.91. The van der Waals surface area contributed by atoms with Gasteiger partial charge in [-0.05, 0) is 24.3 Å². The van der Waals surface area contributed by atoms with Crippen LogP contribution in [0.4, 0.5) is 10.1 Å². The van der Waals surface area contributed by atoms with Gasteiger partial charge in [0, 0.05) is 50.4 Å². The van der Waals surface area contributed by atoms with E-state index in [-0.39, 0.29) is 5.82 Å². The lowest BCUT2D eigenvalue weighted by Gasteiger charge is -2.35. The second-order valence-corrected chi connectivity index (χ2v) is 9.41. The summed E-state index contributed by atoms with van der Waals surface area (Å²) >= 11 is 1.21. The van der Waals surface area contributed by atoms with Gasteiger partial charge in [-0.1, -0.05) is 12.1 Å². The Hall–Kier alpha value is -2.23. The lowest BCUT2D eigenvalue weighted by atomic mass is 10.2. The predicted octanol–water partition coefficient (Wildman–Crippen LogP) is 2.80. The molecule has 0 amide bonds. The van der Waals surface area contributed by atoms with E-state index in [1.54, 1.807) is 35.1 Å². The highest BCUT2D eigenvalue weighted by atomic mass is 32.2. The first kappa shape index (κ1) is 18.1. The van der Waals surface area contributed by atoms with Gasteiger partial charge < -0.3 is 4.90 Å². The maximum atomic E-state index is 14.0. The number of aromatic nitrogens is 2. The Kier molecular flexibility index (Phi) is 4.75. The highest BCUT2D eigenvalue weighted by Crippen LogP contribution is 2.31. The van der Waals surface area contributed by atoms with Crippen molar-refractivity contribution < 1.29 is 12.8 Å². The smallest absolute Gasteiger partial charge is 0.252 e. The summed E-state index contributed by atoms with van der Waals surface area (Å²) in [7, 11) is -1.74. The van der Waals surface area contributed by atoms with E-state index >= 15 is 0 Å². The Morgan fingerprint density at radius 1 is 1.11 bits per heavy atom. The molecular weight excluding hydrogens is 387 g/mol. The van der Waals surface area contributed by atoms with Crippen molar-refractivity contribution in [3.8, 4) is 11.3 Å². The lowest BCUT2D eigenvalue weighted by Crippen LogP contribution is -2.48. The second-order valence-electron chi connectivity index (χ2n) is 6.34. The van der Waals surface area contributed by atoms with E-state index in [2.05, 4.69) is 5.10 Å². The standard InChI is InChI=1S/C18H19FN4O2S2/c1-21-16(6-7-20-21)14-12-18(26-13-14)27(24,25)23-10-8-22(9-11-23)17-5-3-2-4-15(17)19/h2-7,12-13H,8-11H2,1H3. The van der Waals surface area contributed by atoms with Crippen molar-refractivity contribution in [2.75, 3.05) is 31.1 Å². The summed E-state index contributed by atoms with van der Waals surface area (Å²) in [6, 6.07) is 10.1. The molecule has 0 unspecified atom stereocenters. The molecule has 3 aromatic rings. The number of aryl methyl sites for hydroxylation is 1. The topological polar surface area (TPSA) is 58.4 Å². The minimum absolute atomic E-state index is 0.284. The van der Waals surface area contributed by atoms with Gasteiger partial charge in [0.05, 0.1) is 11.4 Å². The number of para-hydroxylation sites is 1. The van der Waals surface area contributed by atoms with Crippen LogP contribution in [0.2, 0.25) is 0 Å². The van der Waals surface area contributed by atoms with Crippen molar-refractivity contribution >= 4 is 27.0 Å². The minimum Gasteiger partial charge on any atom is -0.367 e. The zero-order valence-electron chi connectivity index (χ0n) is 14.7. The van der Waals surface area contributed by atoms with Crippen molar-refractivity contribution in [3.05, 3.63) is 53.8 Å². The van der Waals surface area contributed by atoms with Gasteiger partial charge >= 0.3 is 0 Å². The third kappa shape index (κ3) is 3.38. The van der Waals surface area contributed by atoms with E-state index in [1.807, 2.05) is 23.4 Å². The van der Waals surface area contributed by atoms with Crippen molar-refractivity contribution in [1.29, 1.82) is 0 Å². The van der Waals surface area contributed by atoms with Gasteiger partial charge in [0.2, 0.25) is 0 Å². The Labute approximate surface area is 161 Å². The summed E-state index contributed by atoms with van der Waals surface area (Å²) < 4.78 is 43.4. The number of hydrogen-bond donors (Lipinski definition) is 0. The molecule has 0 atom stereocenters. The monoisotopic (exact) mass is 406 g/mol. The minimum atomic E-state index is -3.56. The first-order valence-corrected chi connectivity index (χ1v) is 10.9. The van der Waals surface area contributed by atoms with Crippen molar-refractivity contribution in [3.63, 3.8) is 0 Å². The van der Waals surface area contributed by atoms with Crippen molar-refractivity contribution in [2.45, 2.75) is 4.21 Å². The van der Waals surface area contributed by atoms with Crippen LogP contribution in [-0.4, -0.2) is 48.7 Å². The van der Waals surface area contributed by atoms with E-state index in [0.29, 0.717) is 36.1 Å².